The summed E-state index contributed by atoms with van der Waals surface area (Å²) in [7, 11) is 0. The van der Waals surface area contributed by atoms with Crippen LogP contribution in [0.5, 0.6) is 0 Å². The van der Waals surface area contributed by atoms with Crippen molar-refractivity contribution in [3.63, 3.8) is 0 Å². The Labute approximate surface area is 58.0 Å². The highest BCUT2D eigenvalue weighted by Crippen LogP contribution is 2.12. The van der Waals surface area contributed by atoms with Gasteiger partial charge in [-0.25, -0.2) is 0 Å². The number of rotatable bonds is 0. The van der Waals surface area contributed by atoms with Gasteiger partial charge in [0, 0.05) is 10.0 Å². The monoisotopic (exact) mass is 149 g/mol. The van der Waals surface area contributed by atoms with Crippen molar-refractivity contribution >= 4 is 23.2 Å². The van der Waals surface area contributed by atoms with Gasteiger partial charge in [-0.1, -0.05) is 23.2 Å². The SMILES string of the molecule is Clc1ccc([38Cl])cc1. The van der Waals surface area contributed by atoms with Crippen LogP contribution in [0.15, 0.2) is 24.3 Å². The fourth-order valence-corrected chi connectivity index (χ4v) is 0.682. The lowest BCUT2D eigenvalue weighted by Crippen LogP contribution is -1.60. The zero-order valence-corrected chi connectivity index (χ0v) is 5.58. The number of hydrogen-bond acceptors (Lipinski definition) is 0. The summed E-state index contributed by atoms with van der Waals surface area (Å²) in [6.07, 6.45) is 0. The quantitative estimate of drug-likeness (QED) is 0.532. The van der Waals surface area contributed by atoms with Crippen LogP contribution < -0.4 is 0 Å². The Morgan fingerprint density at radius 3 is 2.00 bits per heavy atom. The predicted molar refractivity (Wildman–Crippen MR) is 36.5 cm³/mol. The highest BCUT2D eigenvalue weighted by molar-refractivity contribution is 6.32. The molecule has 0 aromatic heterocycles. The molecule has 42 valence electrons. The summed E-state index contributed by atoms with van der Waals surface area (Å²) in [5.74, 6) is 0. The molecule has 0 amide bonds. The first kappa shape index (κ1) is 5.93. The Hall–Kier alpha value is -0.200. The smallest absolute Gasteiger partial charge is 0.0407 e. The van der Waals surface area contributed by atoms with E-state index < -0.39 is 0 Å². The first-order chi connectivity index (χ1) is 3.79. The van der Waals surface area contributed by atoms with Gasteiger partial charge in [-0.15, -0.1) is 0 Å². The highest BCUT2D eigenvalue weighted by atomic mass is 38.0. The van der Waals surface area contributed by atoms with Crippen LogP contribution in [0.3, 0.4) is 0 Å². The van der Waals surface area contributed by atoms with Crippen LogP contribution in [0.25, 0.3) is 0 Å². The topological polar surface area (TPSA) is 0 Å². The van der Waals surface area contributed by atoms with E-state index in [1.807, 2.05) is 0 Å². The number of halogens is 2. The summed E-state index contributed by atoms with van der Waals surface area (Å²) in [6.45, 7) is 0. The van der Waals surface area contributed by atoms with Crippen LogP contribution in [-0.4, -0.2) is 0 Å². The zero-order valence-electron chi connectivity index (χ0n) is 4.07. The second-order valence-corrected chi connectivity index (χ2v) is 2.31. The number of benzene rings is 1. The van der Waals surface area contributed by atoms with Gasteiger partial charge < -0.3 is 0 Å². The van der Waals surface area contributed by atoms with Crippen LogP contribution in [0, 0.1) is 0 Å². The largest absolute Gasteiger partial charge is 0.0843 e. The first-order valence-corrected chi connectivity index (χ1v) is 2.96. The van der Waals surface area contributed by atoms with Gasteiger partial charge in [0.05, 0.1) is 0 Å². The average Bonchev–Trinajstić information content (AvgIpc) is 1.77. The van der Waals surface area contributed by atoms with Gasteiger partial charge in [-0.2, -0.15) is 0 Å². The molecule has 0 atom stereocenters. The normalized spacial score (nSPS) is 9.25. The summed E-state index contributed by atoms with van der Waals surface area (Å²) >= 11 is 11.1. The van der Waals surface area contributed by atoms with E-state index >= 15 is 0 Å². The van der Waals surface area contributed by atoms with E-state index in [0.717, 1.165) is 10.0 Å². The molecular weight excluding hydrogens is 145 g/mol. The van der Waals surface area contributed by atoms with Gasteiger partial charge in [0.2, 0.25) is 0 Å². The molecule has 0 aliphatic rings. The third-order valence-electron chi connectivity index (χ3n) is 0.804. The van der Waals surface area contributed by atoms with Gasteiger partial charge in [-0.3, -0.25) is 0 Å². The van der Waals surface area contributed by atoms with Gasteiger partial charge in [-0.05, 0) is 24.3 Å². The summed E-state index contributed by atoms with van der Waals surface area (Å²) < 4.78 is 0. The van der Waals surface area contributed by atoms with Crippen molar-refractivity contribution < 1.29 is 0 Å². The van der Waals surface area contributed by atoms with E-state index in [2.05, 4.69) is 0 Å². The average molecular weight is 150 g/mol. The first-order valence-electron chi connectivity index (χ1n) is 2.20. The van der Waals surface area contributed by atoms with Gasteiger partial charge >= 0.3 is 0 Å². The Bertz CT molecular complexity index is 145. The van der Waals surface area contributed by atoms with Crippen molar-refractivity contribution in [2.75, 3.05) is 0 Å². The van der Waals surface area contributed by atoms with Crippen LogP contribution >= 0.6 is 23.2 Å². The van der Waals surface area contributed by atoms with E-state index in [1.54, 1.807) is 24.3 Å². The molecule has 0 saturated heterocycles. The molecule has 0 nitrogen and oxygen atoms in total. The van der Waals surface area contributed by atoms with E-state index in [4.69, 9.17) is 23.2 Å². The minimum Gasteiger partial charge on any atom is -0.0843 e. The molecule has 8 heavy (non-hydrogen) atoms. The zero-order chi connectivity index (χ0) is 5.98. The van der Waals surface area contributed by atoms with Gasteiger partial charge in [0.15, 0.2) is 0 Å². The predicted octanol–water partition coefficient (Wildman–Crippen LogP) is 2.99. The fourth-order valence-electron chi connectivity index (χ4n) is 0.430. The Morgan fingerprint density at radius 2 is 1.62 bits per heavy atom. The van der Waals surface area contributed by atoms with Gasteiger partial charge in [0.25, 0.3) is 0 Å². The minimum absolute atomic E-state index is 0.717. The van der Waals surface area contributed by atoms with E-state index in [9.17, 15) is 0 Å². The summed E-state index contributed by atoms with van der Waals surface area (Å²) in [5.41, 5.74) is 0. The highest BCUT2D eigenvalue weighted by Gasteiger charge is 1.83. The van der Waals surface area contributed by atoms with Crippen molar-refractivity contribution in [1.82, 2.24) is 0 Å². The van der Waals surface area contributed by atoms with Gasteiger partial charge in [0.1, 0.15) is 0 Å². The molecule has 1 aromatic carbocycles. The van der Waals surface area contributed by atoms with Crippen molar-refractivity contribution in [2.24, 2.45) is 0 Å². The molecule has 0 bridgehead atoms. The lowest BCUT2D eigenvalue weighted by atomic mass is 10.4. The van der Waals surface area contributed by atoms with Crippen LogP contribution in [-0.2, 0) is 0 Å². The lowest BCUT2D eigenvalue weighted by molar-refractivity contribution is 1.71. The molecular formula is C6H4Cl2. The van der Waals surface area contributed by atoms with Crippen LogP contribution in [0.1, 0.15) is 0 Å². The van der Waals surface area contributed by atoms with Crippen molar-refractivity contribution in [1.29, 1.82) is 0 Å². The Morgan fingerprint density at radius 1 is 1.12 bits per heavy atom. The maximum atomic E-state index is 5.55. The molecule has 1 aromatic rings. The maximum absolute atomic E-state index is 5.55. The third-order valence-corrected chi connectivity index (χ3v) is 1.31. The Kier molecular flexibility index (Phi) is 1.77. The van der Waals surface area contributed by atoms with E-state index in [1.165, 1.54) is 0 Å². The summed E-state index contributed by atoms with van der Waals surface area (Å²) in [6, 6.07) is 7.02. The molecule has 0 heterocycles. The summed E-state index contributed by atoms with van der Waals surface area (Å²) in [4.78, 5) is 0. The molecule has 0 aliphatic heterocycles. The molecule has 0 radical (unpaired) electrons. The van der Waals surface area contributed by atoms with E-state index in [0.29, 0.717) is 0 Å². The molecule has 0 unspecified atom stereocenters. The Balaban J connectivity index is 3.03. The lowest BCUT2D eigenvalue weighted by Gasteiger charge is -1.86. The molecule has 2 heteroatoms. The molecule has 0 spiro atoms. The molecule has 0 fully saturated rings. The van der Waals surface area contributed by atoms with Crippen molar-refractivity contribution in [3.8, 4) is 0 Å². The van der Waals surface area contributed by atoms with Crippen LogP contribution in [0.2, 0.25) is 10.0 Å². The summed E-state index contributed by atoms with van der Waals surface area (Å²) in [5, 5.41) is 1.43. The molecule has 0 saturated carbocycles. The van der Waals surface area contributed by atoms with Crippen molar-refractivity contribution in [2.45, 2.75) is 0 Å². The fraction of sp³-hybridized carbons (Fsp3) is 0. The standard InChI is InChI=1S/C6H4Cl2/c7-5-1-2-6(8)4-3-5/h1-4H/i7+3. The molecule has 0 N–H and O–H groups in total. The minimum atomic E-state index is 0.717. The third kappa shape index (κ3) is 1.39. The van der Waals surface area contributed by atoms with Crippen LogP contribution in [0.4, 0.5) is 0 Å². The second-order valence-electron chi connectivity index (χ2n) is 1.44. The molecule has 1 rings (SSSR count). The van der Waals surface area contributed by atoms with Crippen molar-refractivity contribution in [3.05, 3.63) is 34.3 Å². The maximum Gasteiger partial charge on any atom is 0.0407 e. The second kappa shape index (κ2) is 2.38. The van der Waals surface area contributed by atoms with E-state index in [-0.39, 0.29) is 0 Å². The molecule has 0 aliphatic carbocycles. The number of hydrogen-bond donors (Lipinski definition) is 0.